The fourth-order valence-corrected chi connectivity index (χ4v) is 1.41. The summed E-state index contributed by atoms with van der Waals surface area (Å²) in [5.41, 5.74) is 6.85. The number of rotatable bonds is 4. The minimum absolute atomic E-state index is 0. The monoisotopic (exact) mass is 247 g/mol. The van der Waals surface area contributed by atoms with E-state index in [1.54, 1.807) is 18.2 Å². The lowest BCUT2D eigenvalue weighted by molar-refractivity contribution is 0.475. The second-order valence-electron chi connectivity index (χ2n) is 3.18. The van der Waals surface area contributed by atoms with Crippen molar-refractivity contribution in [3.05, 3.63) is 41.4 Å². The first kappa shape index (κ1) is 14.3. The molecule has 3 N–H and O–H groups in total. The SMILES string of the molecule is C=CCC[C@@H](N)c1ccc(O)c(Cl)c1.Cl. The molecule has 0 aliphatic carbocycles. The zero-order valence-corrected chi connectivity index (χ0v) is 9.89. The summed E-state index contributed by atoms with van der Waals surface area (Å²) in [4.78, 5) is 0. The maximum absolute atomic E-state index is 9.21. The van der Waals surface area contributed by atoms with Gasteiger partial charge in [-0.3, -0.25) is 0 Å². The van der Waals surface area contributed by atoms with Crippen molar-refractivity contribution in [2.24, 2.45) is 5.73 Å². The zero-order valence-electron chi connectivity index (χ0n) is 8.32. The minimum atomic E-state index is -0.0499. The average Bonchev–Trinajstić information content (AvgIpc) is 2.18. The van der Waals surface area contributed by atoms with E-state index in [1.165, 1.54) is 0 Å². The van der Waals surface area contributed by atoms with Crippen LogP contribution in [-0.2, 0) is 0 Å². The third-order valence-electron chi connectivity index (χ3n) is 2.08. The van der Waals surface area contributed by atoms with Gasteiger partial charge in [-0.15, -0.1) is 19.0 Å². The molecule has 2 nitrogen and oxygen atoms in total. The van der Waals surface area contributed by atoms with Gasteiger partial charge in [0.1, 0.15) is 5.75 Å². The van der Waals surface area contributed by atoms with Gasteiger partial charge in [0.2, 0.25) is 0 Å². The first-order valence-electron chi connectivity index (χ1n) is 4.50. The van der Waals surface area contributed by atoms with Gasteiger partial charge in [0.05, 0.1) is 5.02 Å². The molecule has 1 aromatic rings. The first-order chi connectivity index (χ1) is 6.65. The van der Waals surface area contributed by atoms with Gasteiger partial charge in [0, 0.05) is 6.04 Å². The Labute approximate surface area is 101 Å². The molecule has 84 valence electrons. The third-order valence-corrected chi connectivity index (χ3v) is 2.38. The first-order valence-corrected chi connectivity index (χ1v) is 4.88. The van der Waals surface area contributed by atoms with Crippen molar-refractivity contribution in [1.29, 1.82) is 0 Å². The highest BCUT2D eigenvalue weighted by atomic mass is 35.5. The van der Waals surface area contributed by atoms with Crippen LogP contribution < -0.4 is 5.73 Å². The van der Waals surface area contributed by atoms with Crippen LogP contribution >= 0.6 is 24.0 Å². The van der Waals surface area contributed by atoms with Gasteiger partial charge in [0.25, 0.3) is 0 Å². The van der Waals surface area contributed by atoms with Crippen molar-refractivity contribution >= 4 is 24.0 Å². The van der Waals surface area contributed by atoms with E-state index in [9.17, 15) is 5.11 Å². The van der Waals surface area contributed by atoms with Gasteiger partial charge in [0.15, 0.2) is 0 Å². The van der Waals surface area contributed by atoms with E-state index in [0.29, 0.717) is 5.02 Å². The molecular formula is C11H15Cl2NO. The topological polar surface area (TPSA) is 46.2 Å². The maximum atomic E-state index is 9.21. The molecule has 15 heavy (non-hydrogen) atoms. The zero-order chi connectivity index (χ0) is 10.6. The maximum Gasteiger partial charge on any atom is 0.134 e. The Hall–Kier alpha value is -0.700. The fourth-order valence-electron chi connectivity index (χ4n) is 1.22. The molecule has 0 unspecified atom stereocenters. The van der Waals surface area contributed by atoms with E-state index in [-0.39, 0.29) is 24.2 Å². The van der Waals surface area contributed by atoms with E-state index in [1.807, 2.05) is 6.08 Å². The standard InChI is InChI=1S/C11H14ClNO.ClH/c1-2-3-4-10(13)8-5-6-11(14)9(12)7-8;/h2,5-7,10,14H,1,3-4,13H2;1H/t10-;/m1./s1. The third kappa shape index (κ3) is 4.12. The van der Waals surface area contributed by atoms with E-state index in [2.05, 4.69) is 6.58 Å². The van der Waals surface area contributed by atoms with Crippen LogP contribution in [0.15, 0.2) is 30.9 Å². The summed E-state index contributed by atoms with van der Waals surface area (Å²) < 4.78 is 0. The van der Waals surface area contributed by atoms with Gasteiger partial charge in [-0.2, -0.15) is 0 Å². The normalized spacial score (nSPS) is 11.6. The van der Waals surface area contributed by atoms with Gasteiger partial charge < -0.3 is 10.8 Å². The van der Waals surface area contributed by atoms with E-state index < -0.39 is 0 Å². The summed E-state index contributed by atoms with van der Waals surface area (Å²) in [5, 5.41) is 9.56. The quantitative estimate of drug-likeness (QED) is 0.802. The molecule has 0 bridgehead atoms. The van der Waals surface area contributed by atoms with E-state index >= 15 is 0 Å². The number of phenols is 1. The number of nitrogens with two attached hydrogens (primary N) is 1. The number of hydrogen-bond acceptors (Lipinski definition) is 2. The van der Waals surface area contributed by atoms with Crippen LogP contribution in [0.1, 0.15) is 24.4 Å². The molecule has 0 aliphatic heterocycles. The van der Waals surface area contributed by atoms with Crippen molar-refractivity contribution in [2.75, 3.05) is 0 Å². The second-order valence-corrected chi connectivity index (χ2v) is 3.59. The molecule has 0 heterocycles. The molecule has 1 rings (SSSR count). The smallest absolute Gasteiger partial charge is 0.134 e. The molecule has 4 heteroatoms. The number of benzene rings is 1. The predicted molar refractivity (Wildman–Crippen MR) is 66.7 cm³/mol. The molecule has 0 aromatic heterocycles. The molecule has 0 fully saturated rings. The van der Waals surface area contributed by atoms with Crippen LogP contribution in [0, 0.1) is 0 Å². The van der Waals surface area contributed by atoms with Crippen LogP contribution in [0.2, 0.25) is 5.02 Å². The molecule has 0 saturated heterocycles. The van der Waals surface area contributed by atoms with Crippen LogP contribution in [0.4, 0.5) is 0 Å². The summed E-state index contributed by atoms with van der Waals surface area (Å²) in [6.45, 7) is 3.64. The number of phenolic OH excluding ortho intramolecular Hbond substituents is 1. The Bertz CT molecular complexity index is 328. The fraction of sp³-hybridized carbons (Fsp3) is 0.273. The van der Waals surface area contributed by atoms with Crippen molar-refractivity contribution in [2.45, 2.75) is 18.9 Å². The molecule has 1 atom stereocenters. The van der Waals surface area contributed by atoms with Gasteiger partial charge in [-0.1, -0.05) is 23.7 Å². The van der Waals surface area contributed by atoms with Crippen LogP contribution in [0.5, 0.6) is 5.75 Å². The van der Waals surface area contributed by atoms with Gasteiger partial charge >= 0.3 is 0 Å². The molecule has 1 aromatic carbocycles. The lowest BCUT2D eigenvalue weighted by atomic mass is 10.0. The van der Waals surface area contributed by atoms with E-state index in [0.717, 1.165) is 18.4 Å². The Balaban J connectivity index is 0.00000196. The molecule has 0 radical (unpaired) electrons. The number of allylic oxidation sites excluding steroid dienone is 1. The van der Waals surface area contributed by atoms with Crippen LogP contribution in [0.3, 0.4) is 0 Å². The van der Waals surface area contributed by atoms with Crippen LogP contribution in [0.25, 0.3) is 0 Å². The number of hydrogen-bond donors (Lipinski definition) is 2. The molecule has 0 saturated carbocycles. The highest BCUT2D eigenvalue weighted by molar-refractivity contribution is 6.32. The summed E-state index contributed by atoms with van der Waals surface area (Å²) >= 11 is 5.77. The molecule has 0 aliphatic rings. The molecular weight excluding hydrogens is 233 g/mol. The molecule has 0 spiro atoms. The Morgan fingerprint density at radius 2 is 2.20 bits per heavy atom. The number of aromatic hydroxyl groups is 1. The van der Waals surface area contributed by atoms with Gasteiger partial charge in [-0.05, 0) is 30.5 Å². The Morgan fingerprint density at radius 1 is 1.53 bits per heavy atom. The molecule has 0 amide bonds. The number of halogens is 2. The van der Waals surface area contributed by atoms with E-state index in [4.69, 9.17) is 17.3 Å². The van der Waals surface area contributed by atoms with Crippen molar-refractivity contribution in [1.82, 2.24) is 0 Å². The van der Waals surface area contributed by atoms with Gasteiger partial charge in [-0.25, -0.2) is 0 Å². The lowest BCUT2D eigenvalue weighted by Gasteiger charge is -2.11. The highest BCUT2D eigenvalue weighted by Crippen LogP contribution is 2.27. The van der Waals surface area contributed by atoms with Crippen molar-refractivity contribution in [3.8, 4) is 5.75 Å². The Kier molecular flexibility index (Phi) is 6.41. The summed E-state index contributed by atoms with van der Waals surface area (Å²) in [6.07, 6.45) is 3.55. The average molecular weight is 248 g/mol. The summed E-state index contributed by atoms with van der Waals surface area (Å²) in [6, 6.07) is 5.00. The lowest BCUT2D eigenvalue weighted by Crippen LogP contribution is -2.09. The van der Waals surface area contributed by atoms with Crippen LogP contribution in [-0.4, -0.2) is 5.11 Å². The minimum Gasteiger partial charge on any atom is -0.506 e. The largest absolute Gasteiger partial charge is 0.506 e. The Morgan fingerprint density at radius 3 is 2.73 bits per heavy atom. The summed E-state index contributed by atoms with van der Waals surface area (Å²) in [7, 11) is 0. The van der Waals surface area contributed by atoms with Crippen molar-refractivity contribution < 1.29 is 5.11 Å². The second kappa shape index (κ2) is 6.72. The summed E-state index contributed by atoms with van der Waals surface area (Å²) in [5.74, 6) is 0.0892. The predicted octanol–water partition coefficient (Wildman–Crippen LogP) is 3.43. The van der Waals surface area contributed by atoms with Crippen molar-refractivity contribution in [3.63, 3.8) is 0 Å². The highest BCUT2D eigenvalue weighted by Gasteiger charge is 2.07.